The topological polar surface area (TPSA) is 36.7 Å². The number of hydrogen-bond acceptors (Lipinski definition) is 2. The maximum absolute atomic E-state index is 8.90. The molecule has 1 aromatic carbocycles. The first-order chi connectivity index (χ1) is 6.85. The van der Waals surface area contributed by atoms with Gasteiger partial charge < -0.3 is 0 Å². The second kappa shape index (κ2) is 3.31. The highest BCUT2D eigenvalue weighted by Crippen LogP contribution is 2.18. The lowest BCUT2D eigenvalue weighted by molar-refractivity contribution is 1.39. The molecule has 0 radical (unpaired) electrons. The SMILES string of the molecule is C=Cc1ccc2nccc(C#N)c2c1. The van der Waals surface area contributed by atoms with Gasteiger partial charge in [0.25, 0.3) is 0 Å². The van der Waals surface area contributed by atoms with Crippen LogP contribution < -0.4 is 0 Å². The molecule has 0 fully saturated rings. The molecule has 0 aliphatic carbocycles. The molecular formula is C12H8N2. The van der Waals surface area contributed by atoms with Crippen molar-refractivity contribution in [1.82, 2.24) is 4.98 Å². The monoisotopic (exact) mass is 180 g/mol. The molecule has 66 valence electrons. The van der Waals surface area contributed by atoms with Gasteiger partial charge in [-0.05, 0) is 23.8 Å². The van der Waals surface area contributed by atoms with Crippen LogP contribution in [-0.4, -0.2) is 4.98 Å². The van der Waals surface area contributed by atoms with Crippen molar-refractivity contribution in [3.05, 3.63) is 48.2 Å². The van der Waals surface area contributed by atoms with Crippen LogP contribution in [-0.2, 0) is 0 Å². The third kappa shape index (κ3) is 1.25. The van der Waals surface area contributed by atoms with Gasteiger partial charge in [-0.25, -0.2) is 0 Å². The molecule has 2 rings (SSSR count). The van der Waals surface area contributed by atoms with E-state index in [0.717, 1.165) is 16.5 Å². The van der Waals surface area contributed by atoms with Crippen molar-refractivity contribution in [1.29, 1.82) is 5.26 Å². The average molecular weight is 180 g/mol. The van der Waals surface area contributed by atoms with Crippen LogP contribution in [0, 0.1) is 11.3 Å². The number of nitrogens with zero attached hydrogens (tertiary/aromatic N) is 2. The molecule has 1 aromatic heterocycles. The van der Waals surface area contributed by atoms with Crippen LogP contribution in [0.1, 0.15) is 11.1 Å². The molecule has 0 atom stereocenters. The van der Waals surface area contributed by atoms with E-state index in [1.807, 2.05) is 18.2 Å². The molecule has 0 aliphatic heterocycles. The van der Waals surface area contributed by atoms with Gasteiger partial charge in [0.2, 0.25) is 0 Å². The van der Waals surface area contributed by atoms with E-state index in [2.05, 4.69) is 17.6 Å². The van der Waals surface area contributed by atoms with Crippen molar-refractivity contribution >= 4 is 17.0 Å². The van der Waals surface area contributed by atoms with E-state index in [4.69, 9.17) is 5.26 Å². The van der Waals surface area contributed by atoms with Gasteiger partial charge in [-0.1, -0.05) is 18.7 Å². The Balaban J connectivity index is 2.84. The lowest BCUT2D eigenvalue weighted by Gasteiger charge is -1.99. The van der Waals surface area contributed by atoms with Crippen LogP contribution in [0.25, 0.3) is 17.0 Å². The van der Waals surface area contributed by atoms with Gasteiger partial charge in [-0.15, -0.1) is 0 Å². The first kappa shape index (κ1) is 8.46. The summed E-state index contributed by atoms with van der Waals surface area (Å²) in [5, 5.41) is 9.78. The number of fused-ring (bicyclic) bond motifs is 1. The number of benzene rings is 1. The third-order valence-corrected chi connectivity index (χ3v) is 2.12. The van der Waals surface area contributed by atoms with Gasteiger partial charge in [0.05, 0.1) is 17.1 Å². The van der Waals surface area contributed by atoms with Gasteiger partial charge in [-0.3, -0.25) is 4.98 Å². The van der Waals surface area contributed by atoms with E-state index < -0.39 is 0 Å². The fourth-order valence-electron chi connectivity index (χ4n) is 1.39. The van der Waals surface area contributed by atoms with E-state index in [1.165, 1.54) is 0 Å². The van der Waals surface area contributed by atoms with E-state index in [-0.39, 0.29) is 0 Å². The van der Waals surface area contributed by atoms with Crippen LogP contribution in [0.5, 0.6) is 0 Å². The van der Waals surface area contributed by atoms with Gasteiger partial charge in [0.15, 0.2) is 0 Å². The van der Waals surface area contributed by atoms with Crippen LogP contribution in [0.2, 0.25) is 0 Å². The second-order valence-electron chi connectivity index (χ2n) is 2.95. The van der Waals surface area contributed by atoms with Crippen molar-refractivity contribution in [3.8, 4) is 6.07 Å². The highest BCUT2D eigenvalue weighted by Gasteiger charge is 2.00. The Labute approximate surface area is 82.1 Å². The van der Waals surface area contributed by atoms with Crippen molar-refractivity contribution in [2.75, 3.05) is 0 Å². The quantitative estimate of drug-likeness (QED) is 0.676. The smallest absolute Gasteiger partial charge is 0.0999 e. The molecule has 14 heavy (non-hydrogen) atoms. The summed E-state index contributed by atoms with van der Waals surface area (Å²) in [6, 6.07) is 9.62. The minimum atomic E-state index is 0.652. The molecule has 0 spiro atoms. The fourth-order valence-corrected chi connectivity index (χ4v) is 1.39. The highest BCUT2D eigenvalue weighted by atomic mass is 14.6. The van der Waals surface area contributed by atoms with Gasteiger partial charge in [0, 0.05) is 11.6 Å². The molecule has 2 nitrogen and oxygen atoms in total. The molecule has 2 aromatic rings. The van der Waals surface area contributed by atoms with Crippen molar-refractivity contribution in [2.24, 2.45) is 0 Å². The summed E-state index contributed by atoms with van der Waals surface area (Å²) in [5.74, 6) is 0. The minimum Gasteiger partial charge on any atom is -0.256 e. The van der Waals surface area contributed by atoms with Gasteiger partial charge in [-0.2, -0.15) is 5.26 Å². The lowest BCUT2D eigenvalue weighted by atomic mass is 10.1. The molecule has 1 heterocycles. The average Bonchev–Trinajstić information content (AvgIpc) is 2.27. The van der Waals surface area contributed by atoms with Gasteiger partial charge in [0.1, 0.15) is 0 Å². The van der Waals surface area contributed by atoms with Crippen molar-refractivity contribution in [3.63, 3.8) is 0 Å². The summed E-state index contributed by atoms with van der Waals surface area (Å²) in [4.78, 5) is 4.18. The maximum Gasteiger partial charge on any atom is 0.0999 e. The van der Waals surface area contributed by atoms with Crippen LogP contribution in [0.4, 0.5) is 0 Å². The zero-order valence-corrected chi connectivity index (χ0v) is 7.57. The predicted octanol–water partition coefficient (Wildman–Crippen LogP) is 2.75. The molecule has 0 bridgehead atoms. The Morgan fingerprint density at radius 1 is 1.36 bits per heavy atom. The summed E-state index contributed by atoms with van der Waals surface area (Å²) in [7, 11) is 0. The molecular weight excluding hydrogens is 172 g/mol. The summed E-state index contributed by atoms with van der Waals surface area (Å²) >= 11 is 0. The maximum atomic E-state index is 8.90. The van der Waals surface area contributed by atoms with E-state index in [1.54, 1.807) is 18.3 Å². The molecule has 0 saturated carbocycles. The number of pyridine rings is 1. The molecule has 0 unspecified atom stereocenters. The van der Waals surface area contributed by atoms with Crippen LogP contribution >= 0.6 is 0 Å². The Hall–Kier alpha value is -2.14. The van der Waals surface area contributed by atoms with Crippen LogP contribution in [0.15, 0.2) is 37.0 Å². The number of nitriles is 1. The second-order valence-corrected chi connectivity index (χ2v) is 2.95. The lowest BCUT2D eigenvalue weighted by Crippen LogP contribution is -1.83. The van der Waals surface area contributed by atoms with Crippen molar-refractivity contribution < 1.29 is 0 Å². The molecule has 0 N–H and O–H groups in total. The van der Waals surface area contributed by atoms with E-state index >= 15 is 0 Å². The number of aromatic nitrogens is 1. The van der Waals surface area contributed by atoms with Crippen LogP contribution in [0.3, 0.4) is 0 Å². The fraction of sp³-hybridized carbons (Fsp3) is 0. The summed E-state index contributed by atoms with van der Waals surface area (Å²) in [6.45, 7) is 3.69. The summed E-state index contributed by atoms with van der Waals surface area (Å²) < 4.78 is 0. The number of hydrogen-bond donors (Lipinski definition) is 0. The standard InChI is InChI=1S/C12H8N2/c1-2-9-3-4-12-11(7-9)10(8-13)5-6-14-12/h2-7H,1H2. The van der Waals surface area contributed by atoms with E-state index in [9.17, 15) is 0 Å². The predicted molar refractivity (Wildman–Crippen MR) is 56.5 cm³/mol. The molecule has 0 amide bonds. The zero-order chi connectivity index (χ0) is 9.97. The zero-order valence-electron chi connectivity index (χ0n) is 7.57. The Bertz CT molecular complexity index is 536. The Morgan fingerprint density at radius 3 is 2.93 bits per heavy atom. The minimum absolute atomic E-state index is 0.652. The largest absolute Gasteiger partial charge is 0.256 e. The Kier molecular flexibility index (Phi) is 2.00. The van der Waals surface area contributed by atoms with Crippen molar-refractivity contribution in [2.45, 2.75) is 0 Å². The first-order valence-electron chi connectivity index (χ1n) is 4.26. The summed E-state index contributed by atoms with van der Waals surface area (Å²) in [6.07, 6.45) is 3.40. The molecule has 0 saturated heterocycles. The normalized spacial score (nSPS) is 9.64. The number of rotatable bonds is 1. The molecule has 0 aliphatic rings. The first-order valence-corrected chi connectivity index (χ1v) is 4.26. The van der Waals surface area contributed by atoms with E-state index in [0.29, 0.717) is 5.56 Å². The molecule has 2 heteroatoms. The third-order valence-electron chi connectivity index (χ3n) is 2.12. The highest BCUT2D eigenvalue weighted by molar-refractivity contribution is 5.86. The van der Waals surface area contributed by atoms with Gasteiger partial charge >= 0.3 is 0 Å². The summed E-state index contributed by atoms with van der Waals surface area (Å²) in [5.41, 5.74) is 2.50. The Morgan fingerprint density at radius 2 is 2.21 bits per heavy atom.